The van der Waals surface area contributed by atoms with E-state index in [1.165, 1.54) is 23.1 Å². The second-order valence-corrected chi connectivity index (χ2v) is 7.29. The normalized spacial score (nSPS) is 10.8. The number of thiazole rings is 1. The van der Waals surface area contributed by atoms with Crippen LogP contribution in [0.25, 0.3) is 11.6 Å². The number of furan rings is 1. The molecule has 0 bridgehead atoms. The monoisotopic (exact) mass is 421 g/mol. The summed E-state index contributed by atoms with van der Waals surface area (Å²) in [6.07, 6.45) is 1.67. The number of nitrogens with zero attached hydrogens (tertiary/aromatic N) is 4. The van der Waals surface area contributed by atoms with Crippen LogP contribution in [0.4, 0.5) is 5.13 Å². The molecule has 0 aliphatic rings. The molecule has 0 aliphatic heterocycles. The van der Waals surface area contributed by atoms with Gasteiger partial charge in [-0.15, -0.1) is 21.5 Å². The van der Waals surface area contributed by atoms with Crippen LogP contribution in [0.1, 0.15) is 19.5 Å². The predicted molar refractivity (Wildman–Crippen MR) is 105 cm³/mol. The highest BCUT2D eigenvalue weighted by Gasteiger charge is 2.17. The number of ether oxygens (including phenoxy) is 1. The van der Waals surface area contributed by atoms with E-state index in [1.807, 2.05) is 17.6 Å². The van der Waals surface area contributed by atoms with Crippen molar-refractivity contribution >= 4 is 40.1 Å². The number of hydrogen-bond donors (Lipinski definition) is 1. The summed E-state index contributed by atoms with van der Waals surface area (Å²) in [6.45, 7) is 4.70. The van der Waals surface area contributed by atoms with Gasteiger partial charge in [0.1, 0.15) is 0 Å². The molecule has 1 amide bonds. The number of rotatable bonds is 9. The zero-order chi connectivity index (χ0) is 19.9. The van der Waals surface area contributed by atoms with E-state index in [2.05, 4.69) is 20.5 Å². The summed E-state index contributed by atoms with van der Waals surface area (Å²) < 4.78 is 12.1. The van der Waals surface area contributed by atoms with Gasteiger partial charge in [0.15, 0.2) is 21.9 Å². The Labute approximate surface area is 169 Å². The van der Waals surface area contributed by atoms with Crippen LogP contribution in [0.3, 0.4) is 0 Å². The molecule has 11 heteroatoms. The Morgan fingerprint density at radius 2 is 2.21 bits per heavy atom. The van der Waals surface area contributed by atoms with Crippen LogP contribution in [0, 0.1) is 0 Å². The molecule has 0 aromatic carbocycles. The zero-order valence-corrected chi connectivity index (χ0v) is 17.0. The lowest BCUT2D eigenvalue weighted by atomic mass is 10.3. The Balaban J connectivity index is 1.55. The largest absolute Gasteiger partial charge is 0.466 e. The average molecular weight is 422 g/mol. The summed E-state index contributed by atoms with van der Waals surface area (Å²) in [6, 6.07) is 3.60. The summed E-state index contributed by atoms with van der Waals surface area (Å²) in [5.41, 5.74) is 0.570. The molecule has 3 heterocycles. The second kappa shape index (κ2) is 9.51. The number of carbonyl (C=O) groups is 2. The molecule has 0 fully saturated rings. The number of nitrogens with one attached hydrogen (secondary N) is 1. The molecule has 0 saturated heterocycles. The van der Waals surface area contributed by atoms with Crippen molar-refractivity contribution < 1.29 is 18.7 Å². The first-order valence-corrected chi connectivity index (χ1v) is 10.5. The molecule has 1 N–H and O–H groups in total. The van der Waals surface area contributed by atoms with E-state index in [4.69, 9.17) is 9.15 Å². The fourth-order valence-corrected chi connectivity index (χ4v) is 3.89. The first-order chi connectivity index (χ1) is 13.6. The Morgan fingerprint density at radius 1 is 1.36 bits per heavy atom. The third-order valence-electron chi connectivity index (χ3n) is 3.54. The van der Waals surface area contributed by atoms with E-state index in [0.29, 0.717) is 40.7 Å². The average Bonchev–Trinajstić information content (AvgIpc) is 3.40. The van der Waals surface area contributed by atoms with Crippen molar-refractivity contribution in [3.63, 3.8) is 0 Å². The quantitative estimate of drug-likeness (QED) is 0.415. The lowest BCUT2D eigenvalue weighted by Gasteiger charge is -2.05. The van der Waals surface area contributed by atoms with E-state index in [-0.39, 0.29) is 24.1 Å². The summed E-state index contributed by atoms with van der Waals surface area (Å²) in [7, 11) is 0. The van der Waals surface area contributed by atoms with Crippen molar-refractivity contribution in [3.8, 4) is 11.6 Å². The highest BCUT2D eigenvalue weighted by Crippen LogP contribution is 2.24. The topological polar surface area (TPSA) is 112 Å². The van der Waals surface area contributed by atoms with Crippen LogP contribution in [-0.4, -0.2) is 44.0 Å². The van der Waals surface area contributed by atoms with Crippen LogP contribution in [0.5, 0.6) is 0 Å². The van der Waals surface area contributed by atoms with Gasteiger partial charge in [0.2, 0.25) is 5.91 Å². The Kier molecular flexibility index (Phi) is 6.82. The van der Waals surface area contributed by atoms with Crippen LogP contribution >= 0.6 is 23.1 Å². The smallest absolute Gasteiger partial charge is 0.311 e. The van der Waals surface area contributed by atoms with Gasteiger partial charge in [-0.25, -0.2) is 4.98 Å². The number of anilines is 1. The van der Waals surface area contributed by atoms with Gasteiger partial charge in [0.05, 0.1) is 30.7 Å². The van der Waals surface area contributed by atoms with Crippen molar-refractivity contribution in [2.24, 2.45) is 0 Å². The van der Waals surface area contributed by atoms with E-state index < -0.39 is 0 Å². The van der Waals surface area contributed by atoms with Crippen molar-refractivity contribution in [2.75, 3.05) is 17.7 Å². The van der Waals surface area contributed by atoms with Crippen LogP contribution in [0.15, 0.2) is 33.3 Å². The van der Waals surface area contributed by atoms with E-state index in [9.17, 15) is 9.59 Å². The number of carbonyl (C=O) groups excluding carboxylic acids is 2. The van der Waals surface area contributed by atoms with E-state index in [0.717, 1.165) is 0 Å². The number of esters is 1. The van der Waals surface area contributed by atoms with Gasteiger partial charge in [0.25, 0.3) is 0 Å². The molecule has 3 aromatic heterocycles. The molecule has 0 spiro atoms. The van der Waals surface area contributed by atoms with E-state index >= 15 is 0 Å². The SMILES string of the molecule is CCOC(=O)Cc1csc(NC(=O)CSc2nnc(-c3ccco3)n2CC)n1. The molecule has 148 valence electrons. The van der Waals surface area contributed by atoms with Gasteiger partial charge in [-0.3, -0.25) is 14.2 Å². The van der Waals surface area contributed by atoms with Crippen molar-refractivity contribution in [1.82, 2.24) is 19.7 Å². The van der Waals surface area contributed by atoms with Gasteiger partial charge in [0, 0.05) is 11.9 Å². The number of hydrogen-bond acceptors (Lipinski definition) is 9. The first kappa shape index (κ1) is 20.1. The van der Waals surface area contributed by atoms with Crippen LogP contribution in [-0.2, 0) is 27.3 Å². The highest BCUT2D eigenvalue weighted by molar-refractivity contribution is 7.99. The molecule has 0 atom stereocenters. The molecule has 0 saturated carbocycles. The van der Waals surface area contributed by atoms with Crippen molar-refractivity contribution in [1.29, 1.82) is 0 Å². The molecule has 0 aliphatic carbocycles. The van der Waals surface area contributed by atoms with Crippen molar-refractivity contribution in [2.45, 2.75) is 32.0 Å². The molecule has 3 aromatic rings. The minimum Gasteiger partial charge on any atom is -0.466 e. The summed E-state index contributed by atoms with van der Waals surface area (Å²) in [5.74, 6) is 0.851. The Morgan fingerprint density at radius 3 is 2.93 bits per heavy atom. The number of aromatic nitrogens is 4. The van der Waals surface area contributed by atoms with E-state index in [1.54, 1.807) is 24.6 Å². The van der Waals surface area contributed by atoms with Gasteiger partial charge >= 0.3 is 5.97 Å². The highest BCUT2D eigenvalue weighted by atomic mass is 32.2. The van der Waals surface area contributed by atoms with Gasteiger partial charge in [-0.1, -0.05) is 11.8 Å². The molecule has 9 nitrogen and oxygen atoms in total. The van der Waals surface area contributed by atoms with Gasteiger partial charge in [-0.05, 0) is 26.0 Å². The standard InChI is InChI=1S/C17H19N5O4S2/c1-3-22-15(12-6-5-7-26-12)20-21-17(22)28-10-13(23)19-16-18-11(9-27-16)8-14(24)25-4-2/h5-7,9H,3-4,8,10H2,1-2H3,(H,18,19,23). The number of thioether (sulfide) groups is 1. The second-order valence-electron chi connectivity index (χ2n) is 5.49. The molecule has 0 unspecified atom stereocenters. The lowest BCUT2D eigenvalue weighted by molar-refractivity contribution is -0.142. The maximum Gasteiger partial charge on any atom is 0.311 e. The first-order valence-electron chi connectivity index (χ1n) is 8.60. The molecule has 0 radical (unpaired) electrons. The molecule has 3 rings (SSSR count). The zero-order valence-electron chi connectivity index (χ0n) is 15.4. The van der Waals surface area contributed by atoms with Gasteiger partial charge in [-0.2, -0.15) is 0 Å². The molecule has 28 heavy (non-hydrogen) atoms. The lowest BCUT2D eigenvalue weighted by Crippen LogP contribution is -2.15. The maximum atomic E-state index is 12.2. The molecular formula is C17H19N5O4S2. The Bertz CT molecular complexity index is 935. The summed E-state index contributed by atoms with van der Waals surface area (Å²) >= 11 is 2.54. The summed E-state index contributed by atoms with van der Waals surface area (Å²) in [5, 5.41) is 13.8. The fraction of sp³-hybridized carbons (Fsp3) is 0.353. The Hall–Kier alpha value is -2.66. The fourth-order valence-electron chi connectivity index (χ4n) is 2.36. The predicted octanol–water partition coefficient (Wildman–Crippen LogP) is 2.85. The number of amides is 1. The van der Waals surface area contributed by atoms with Crippen LogP contribution in [0.2, 0.25) is 0 Å². The minimum atomic E-state index is -0.340. The third-order valence-corrected chi connectivity index (χ3v) is 5.31. The summed E-state index contributed by atoms with van der Waals surface area (Å²) in [4.78, 5) is 27.9. The minimum absolute atomic E-state index is 0.0874. The third kappa shape index (κ3) is 4.98. The van der Waals surface area contributed by atoms with Gasteiger partial charge < -0.3 is 14.5 Å². The van der Waals surface area contributed by atoms with Crippen LogP contribution < -0.4 is 5.32 Å². The maximum absolute atomic E-state index is 12.2. The molecular weight excluding hydrogens is 402 g/mol. The van der Waals surface area contributed by atoms with Crippen molar-refractivity contribution in [3.05, 3.63) is 29.5 Å².